The summed E-state index contributed by atoms with van der Waals surface area (Å²) in [5.74, 6) is 0.810. The lowest BCUT2D eigenvalue weighted by atomic mass is 10.3. The van der Waals surface area contributed by atoms with Gasteiger partial charge in [-0.3, -0.25) is 0 Å². The van der Waals surface area contributed by atoms with Crippen LogP contribution in [0.25, 0.3) is 0 Å². The Bertz CT molecular complexity index is 835. The summed E-state index contributed by atoms with van der Waals surface area (Å²) in [5, 5.41) is 0. The molecule has 0 fully saturated rings. The number of anilines is 1. The van der Waals surface area contributed by atoms with E-state index in [1.54, 1.807) is 12.3 Å². The minimum absolute atomic E-state index is 0.0346. The molecule has 0 radical (unpaired) electrons. The predicted octanol–water partition coefficient (Wildman–Crippen LogP) is 4.02. The summed E-state index contributed by atoms with van der Waals surface area (Å²) in [6.07, 6.45) is 1.60. The SMILES string of the molecule is CCN(CC)c1ccc(CNS(=O)(=O)c2ccc(SC(F)(F)F)cc2)cn1. The van der Waals surface area contributed by atoms with Crippen molar-refractivity contribution in [1.82, 2.24) is 9.71 Å². The van der Waals surface area contributed by atoms with E-state index >= 15 is 0 Å². The maximum atomic E-state index is 12.3. The minimum Gasteiger partial charge on any atom is -0.357 e. The number of hydrogen-bond donors (Lipinski definition) is 1. The predicted molar refractivity (Wildman–Crippen MR) is 100 cm³/mol. The molecule has 0 bridgehead atoms. The van der Waals surface area contributed by atoms with Crippen LogP contribution in [0.15, 0.2) is 52.4 Å². The molecule has 0 aliphatic rings. The van der Waals surface area contributed by atoms with Gasteiger partial charge in [-0.2, -0.15) is 13.2 Å². The first-order valence-electron chi connectivity index (χ1n) is 8.20. The summed E-state index contributed by atoms with van der Waals surface area (Å²) < 4.78 is 64.0. The Morgan fingerprint density at radius 2 is 1.70 bits per heavy atom. The summed E-state index contributed by atoms with van der Waals surface area (Å²) in [5.41, 5.74) is -3.73. The van der Waals surface area contributed by atoms with Crippen molar-refractivity contribution in [1.29, 1.82) is 0 Å². The highest BCUT2D eigenvalue weighted by atomic mass is 32.2. The molecule has 1 aromatic carbocycles. The Morgan fingerprint density at radius 3 is 2.19 bits per heavy atom. The van der Waals surface area contributed by atoms with Gasteiger partial charge in [-0.15, -0.1) is 0 Å². The van der Waals surface area contributed by atoms with Crippen molar-refractivity contribution >= 4 is 27.6 Å². The number of nitrogens with zero attached hydrogens (tertiary/aromatic N) is 2. The average molecular weight is 419 g/mol. The van der Waals surface area contributed by atoms with Crippen molar-refractivity contribution in [3.63, 3.8) is 0 Å². The molecule has 0 saturated carbocycles. The molecular weight excluding hydrogens is 399 g/mol. The van der Waals surface area contributed by atoms with Crippen molar-refractivity contribution in [3.8, 4) is 0 Å². The van der Waals surface area contributed by atoms with Gasteiger partial charge < -0.3 is 4.90 Å². The molecule has 0 amide bonds. The Kier molecular flexibility index (Phi) is 7.12. The highest BCUT2D eigenvalue weighted by molar-refractivity contribution is 8.00. The molecule has 148 valence electrons. The molecule has 1 N–H and O–H groups in total. The Morgan fingerprint density at radius 1 is 1.07 bits per heavy atom. The smallest absolute Gasteiger partial charge is 0.357 e. The maximum Gasteiger partial charge on any atom is 0.446 e. The Hall–Kier alpha value is -1.78. The Labute approximate surface area is 161 Å². The number of alkyl halides is 3. The number of rotatable bonds is 8. The molecule has 0 atom stereocenters. The van der Waals surface area contributed by atoms with E-state index in [0.29, 0.717) is 5.56 Å². The number of hydrogen-bond acceptors (Lipinski definition) is 5. The van der Waals surface area contributed by atoms with Gasteiger partial charge in [0.15, 0.2) is 0 Å². The molecule has 0 unspecified atom stereocenters. The van der Waals surface area contributed by atoms with E-state index in [2.05, 4.69) is 14.6 Å². The van der Waals surface area contributed by atoms with Gasteiger partial charge in [-0.25, -0.2) is 18.1 Å². The van der Waals surface area contributed by atoms with Crippen molar-refractivity contribution < 1.29 is 21.6 Å². The lowest BCUT2D eigenvalue weighted by molar-refractivity contribution is -0.0328. The van der Waals surface area contributed by atoms with Gasteiger partial charge in [0.25, 0.3) is 0 Å². The molecule has 2 aromatic rings. The fourth-order valence-electron chi connectivity index (χ4n) is 2.34. The van der Waals surface area contributed by atoms with Crippen LogP contribution in [0.3, 0.4) is 0 Å². The molecular formula is C17H20F3N3O2S2. The van der Waals surface area contributed by atoms with Crippen LogP contribution < -0.4 is 9.62 Å². The van der Waals surface area contributed by atoms with Crippen LogP contribution >= 0.6 is 11.8 Å². The first kappa shape index (κ1) is 21.5. The molecule has 1 aromatic heterocycles. The van der Waals surface area contributed by atoms with E-state index in [1.165, 1.54) is 0 Å². The summed E-state index contributed by atoms with van der Waals surface area (Å²) in [4.78, 5) is 6.22. The minimum atomic E-state index is -4.41. The molecule has 27 heavy (non-hydrogen) atoms. The number of aromatic nitrogens is 1. The summed E-state index contributed by atoms with van der Waals surface area (Å²) in [6.45, 7) is 5.71. The zero-order valence-electron chi connectivity index (χ0n) is 14.8. The van der Waals surface area contributed by atoms with Crippen LogP contribution in [0.1, 0.15) is 19.4 Å². The van der Waals surface area contributed by atoms with Crippen LogP contribution in [-0.4, -0.2) is 32.0 Å². The molecule has 0 spiro atoms. The third-order valence-electron chi connectivity index (χ3n) is 3.73. The van der Waals surface area contributed by atoms with E-state index < -0.39 is 15.5 Å². The fourth-order valence-corrected chi connectivity index (χ4v) is 3.90. The topological polar surface area (TPSA) is 62.3 Å². The number of halogens is 3. The van der Waals surface area contributed by atoms with Crippen LogP contribution in [-0.2, 0) is 16.6 Å². The number of pyridine rings is 1. The number of thioether (sulfide) groups is 1. The highest BCUT2D eigenvalue weighted by Gasteiger charge is 2.29. The third-order valence-corrected chi connectivity index (χ3v) is 5.89. The summed E-state index contributed by atoms with van der Waals surface area (Å²) >= 11 is -0.290. The lowest BCUT2D eigenvalue weighted by Crippen LogP contribution is -2.24. The van der Waals surface area contributed by atoms with E-state index in [9.17, 15) is 21.6 Å². The van der Waals surface area contributed by atoms with Crippen molar-refractivity contribution in [2.45, 2.75) is 35.7 Å². The molecule has 0 saturated heterocycles. The largest absolute Gasteiger partial charge is 0.446 e. The highest BCUT2D eigenvalue weighted by Crippen LogP contribution is 2.36. The second-order valence-corrected chi connectivity index (χ2v) is 8.45. The van der Waals surface area contributed by atoms with Crippen LogP contribution in [0.5, 0.6) is 0 Å². The van der Waals surface area contributed by atoms with Gasteiger partial charge in [-0.1, -0.05) is 6.07 Å². The lowest BCUT2D eigenvalue weighted by Gasteiger charge is -2.19. The van der Waals surface area contributed by atoms with Gasteiger partial charge >= 0.3 is 5.51 Å². The number of nitrogens with one attached hydrogen (secondary N) is 1. The fraction of sp³-hybridized carbons (Fsp3) is 0.353. The molecule has 0 aliphatic carbocycles. The van der Waals surface area contributed by atoms with Gasteiger partial charge in [0.2, 0.25) is 10.0 Å². The Balaban J connectivity index is 2.02. The molecule has 5 nitrogen and oxygen atoms in total. The van der Waals surface area contributed by atoms with Gasteiger partial charge in [-0.05, 0) is 61.5 Å². The standard InChI is InChI=1S/C17H20F3N3O2S2/c1-3-23(4-2)16-10-5-13(11-21-16)12-22-27(24,25)15-8-6-14(7-9-15)26-17(18,19)20/h5-11,22H,3-4,12H2,1-2H3. The zero-order chi connectivity index (χ0) is 20.1. The molecule has 10 heteroatoms. The normalized spacial score (nSPS) is 12.2. The maximum absolute atomic E-state index is 12.3. The average Bonchev–Trinajstić information content (AvgIpc) is 2.61. The molecule has 2 rings (SSSR count). The first-order chi connectivity index (χ1) is 12.6. The van der Waals surface area contributed by atoms with E-state index in [1.807, 2.05) is 19.9 Å². The van der Waals surface area contributed by atoms with E-state index in [-0.39, 0.29) is 28.1 Å². The van der Waals surface area contributed by atoms with E-state index in [0.717, 1.165) is 43.2 Å². The van der Waals surface area contributed by atoms with Crippen LogP contribution in [0, 0.1) is 0 Å². The quantitative estimate of drug-likeness (QED) is 0.655. The molecule has 1 heterocycles. The van der Waals surface area contributed by atoms with Crippen molar-refractivity contribution in [2.75, 3.05) is 18.0 Å². The van der Waals surface area contributed by atoms with Crippen LogP contribution in [0.2, 0.25) is 0 Å². The van der Waals surface area contributed by atoms with Crippen molar-refractivity contribution in [2.24, 2.45) is 0 Å². The van der Waals surface area contributed by atoms with E-state index in [4.69, 9.17) is 0 Å². The second-order valence-electron chi connectivity index (χ2n) is 5.54. The third kappa shape index (κ3) is 6.40. The van der Waals surface area contributed by atoms with Crippen molar-refractivity contribution in [3.05, 3.63) is 48.2 Å². The summed E-state index contributed by atoms with van der Waals surface area (Å²) in [6, 6.07) is 8.17. The zero-order valence-corrected chi connectivity index (χ0v) is 16.5. The second kappa shape index (κ2) is 8.94. The van der Waals surface area contributed by atoms with Gasteiger partial charge in [0.1, 0.15) is 5.82 Å². The first-order valence-corrected chi connectivity index (χ1v) is 10.5. The van der Waals surface area contributed by atoms with Gasteiger partial charge in [0, 0.05) is 30.7 Å². The monoisotopic (exact) mass is 419 g/mol. The number of benzene rings is 1. The number of sulfonamides is 1. The summed E-state index contributed by atoms with van der Waals surface area (Å²) in [7, 11) is -3.83. The van der Waals surface area contributed by atoms with Crippen LogP contribution in [0.4, 0.5) is 19.0 Å². The van der Waals surface area contributed by atoms with Gasteiger partial charge in [0.05, 0.1) is 4.90 Å². The molecule has 0 aliphatic heterocycles.